The fourth-order valence-electron chi connectivity index (χ4n) is 1.33. The second-order valence-electron chi connectivity index (χ2n) is 4.02. The van der Waals surface area contributed by atoms with E-state index in [1.165, 1.54) is 12.1 Å². The van der Waals surface area contributed by atoms with Crippen LogP contribution in [0.4, 0.5) is 4.39 Å². The Labute approximate surface area is 99.0 Å². The highest BCUT2D eigenvalue weighted by molar-refractivity contribution is 7.80. The Bertz CT molecular complexity index is 366. The molecule has 1 aliphatic carbocycles. The molecule has 0 heterocycles. The third kappa shape index (κ3) is 2.58. The van der Waals surface area contributed by atoms with E-state index >= 15 is 0 Å². The van der Waals surface area contributed by atoms with Crippen molar-refractivity contribution in [3.8, 4) is 5.75 Å². The zero-order valence-electron chi connectivity index (χ0n) is 8.17. The highest BCUT2D eigenvalue weighted by atomic mass is 35.5. The Morgan fingerprint density at radius 1 is 1.47 bits per heavy atom. The number of halogens is 2. The lowest BCUT2D eigenvalue weighted by Gasteiger charge is -2.13. The molecule has 1 aliphatic rings. The summed E-state index contributed by atoms with van der Waals surface area (Å²) < 4.78 is 18.6. The lowest BCUT2D eigenvalue weighted by atomic mass is 10.2. The summed E-state index contributed by atoms with van der Waals surface area (Å²) in [6.45, 7) is 0.609. The number of hydrogen-bond donors (Lipinski definition) is 1. The highest BCUT2D eigenvalue weighted by Gasteiger charge is 2.42. The second-order valence-corrected chi connectivity index (χ2v) is 4.75. The molecule has 0 aliphatic heterocycles. The fraction of sp³-hybridized carbons (Fsp3) is 0.455. The van der Waals surface area contributed by atoms with Crippen LogP contribution in [0, 0.1) is 11.2 Å². The van der Waals surface area contributed by atoms with Gasteiger partial charge in [0.1, 0.15) is 11.6 Å². The van der Waals surface area contributed by atoms with E-state index < -0.39 is 5.82 Å². The van der Waals surface area contributed by atoms with E-state index in [2.05, 4.69) is 12.6 Å². The standard InChI is InChI=1S/C11H12ClFOS/c12-9-2-1-8(5-10(9)13)14-6-11(7-15)3-4-11/h1-2,5,15H,3-4,6-7H2. The van der Waals surface area contributed by atoms with Gasteiger partial charge in [-0.25, -0.2) is 4.39 Å². The van der Waals surface area contributed by atoms with E-state index in [1.54, 1.807) is 6.07 Å². The largest absolute Gasteiger partial charge is 0.493 e. The maximum Gasteiger partial charge on any atom is 0.145 e. The molecule has 0 saturated heterocycles. The molecular weight excluding hydrogens is 235 g/mol. The molecule has 1 nitrogen and oxygen atoms in total. The first-order chi connectivity index (χ1) is 7.15. The SMILES string of the molecule is Fc1cc(OCC2(CS)CC2)ccc1Cl. The van der Waals surface area contributed by atoms with Crippen LogP contribution in [0.2, 0.25) is 5.02 Å². The Balaban J connectivity index is 1.96. The van der Waals surface area contributed by atoms with Gasteiger partial charge in [0.2, 0.25) is 0 Å². The molecule has 0 N–H and O–H groups in total. The molecular formula is C11H12ClFOS. The van der Waals surface area contributed by atoms with E-state index in [-0.39, 0.29) is 10.4 Å². The van der Waals surface area contributed by atoms with Crippen molar-refractivity contribution < 1.29 is 9.13 Å². The number of benzene rings is 1. The molecule has 1 fully saturated rings. The second kappa shape index (κ2) is 4.22. The molecule has 0 spiro atoms. The molecule has 0 bridgehead atoms. The number of ether oxygens (including phenoxy) is 1. The van der Waals surface area contributed by atoms with Crippen LogP contribution in [0.25, 0.3) is 0 Å². The number of thiol groups is 1. The van der Waals surface area contributed by atoms with Gasteiger partial charge >= 0.3 is 0 Å². The Morgan fingerprint density at radius 2 is 2.20 bits per heavy atom. The van der Waals surface area contributed by atoms with Gasteiger partial charge in [-0.05, 0) is 30.7 Å². The van der Waals surface area contributed by atoms with Crippen molar-refractivity contribution in [2.24, 2.45) is 5.41 Å². The first kappa shape index (κ1) is 11.1. The van der Waals surface area contributed by atoms with Gasteiger partial charge in [-0.2, -0.15) is 12.6 Å². The first-order valence-corrected chi connectivity index (χ1v) is 5.85. The molecule has 1 aromatic carbocycles. The molecule has 15 heavy (non-hydrogen) atoms. The zero-order valence-corrected chi connectivity index (χ0v) is 9.82. The Hall–Kier alpha value is -0.410. The van der Waals surface area contributed by atoms with Crippen molar-refractivity contribution in [3.63, 3.8) is 0 Å². The molecule has 1 saturated carbocycles. The quantitative estimate of drug-likeness (QED) is 0.800. The van der Waals surface area contributed by atoms with E-state index in [0.29, 0.717) is 12.4 Å². The minimum Gasteiger partial charge on any atom is -0.493 e. The zero-order chi connectivity index (χ0) is 10.9. The highest BCUT2D eigenvalue weighted by Crippen LogP contribution is 2.46. The van der Waals surface area contributed by atoms with Crippen LogP contribution in [0.5, 0.6) is 5.75 Å². The summed E-state index contributed by atoms with van der Waals surface area (Å²) in [5, 5.41) is 0.123. The topological polar surface area (TPSA) is 9.23 Å². The average Bonchev–Trinajstić information content (AvgIpc) is 3.01. The average molecular weight is 247 g/mol. The molecule has 1 aromatic rings. The summed E-state index contributed by atoms with van der Waals surface area (Å²) in [4.78, 5) is 0. The van der Waals surface area contributed by atoms with Crippen molar-refractivity contribution in [1.29, 1.82) is 0 Å². The molecule has 82 valence electrons. The van der Waals surface area contributed by atoms with E-state index in [0.717, 1.165) is 18.6 Å². The fourth-order valence-corrected chi connectivity index (χ4v) is 1.85. The van der Waals surface area contributed by atoms with Gasteiger partial charge in [-0.3, -0.25) is 0 Å². The first-order valence-electron chi connectivity index (χ1n) is 4.84. The third-order valence-corrected chi connectivity index (χ3v) is 3.71. The van der Waals surface area contributed by atoms with Crippen LogP contribution in [0.15, 0.2) is 18.2 Å². The minimum absolute atomic E-state index is 0.123. The predicted molar refractivity (Wildman–Crippen MR) is 62.4 cm³/mol. The summed E-state index contributed by atoms with van der Waals surface area (Å²) in [7, 11) is 0. The van der Waals surface area contributed by atoms with Crippen LogP contribution < -0.4 is 4.74 Å². The summed E-state index contributed by atoms with van der Waals surface area (Å²) in [5.41, 5.74) is 0.221. The van der Waals surface area contributed by atoms with Gasteiger partial charge in [-0.1, -0.05) is 11.6 Å². The van der Waals surface area contributed by atoms with Crippen LogP contribution in [-0.2, 0) is 0 Å². The smallest absolute Gasteiger partial charge is 0.145 e. The van der Waals surface area contributed by atoms with Crippen LogP contribution in [0.1, 0.15) is 12.8 Å². The van der Waals surface area contributed by atoms with Gasteiger partial charge in [0, 0.05) is 11.5 Å². The molecule has 0 unspecified atom stereocenters. The molecule has 0 radical (unpaired) electrons. The summed E-state index contributed by atoms with van der Waals surface area (Å²) in [5.74, 6) is 0.915. The molecule has 4 heteroatoms. The summed E-state index contributed by atoms with van der Waals surface area (Å²) >= 11 is 9.84. The van der Waals surface area contributed by atoms with Gasteiger partial charge < -0.3 is 4.74 Å². The van der Waals surface area contributed by atoms with Crippen molar-refractivity contribution in [3.05, 3.63) is 29.0 Å². The Kier molecular flexibility index (Phi) is 3.12. The van der Waals surface area contributed by atoms with Crippen molar-refractivity contribution in [2.45, 2.75) is 12.8 Å². The third-order valence-electron chi connectivity index (χ3n) is 2.73. The van der Waals surface area contributed by atoms with Gasteiger partial charge in [0.15, 0.2) is 0 Å². The van der Waals surface area contributed by atoms with Gasteiger partial charge in [0.05, 0.1) is 11.6 Å². The maximum atomic E-state index is 13.1. The van der Waals surface area contributed by atoms with Gasteiger partial charge in [-0.15, -0.1) is 0 Å². The number of rotatable bonds is 4. The van der Waals surface area contributed by atoms with Crippen molar-refractivity contribution in [2.75, 3.05) is 12.4 Å². The molecule has 0 atom stereocenters. The van der Waals surface area contributed by atoms with Crippen LogP contribution >= 0.6 is 24.2 Å². The molecule has 2 rings (SSSR count). The predicted octanol–water partition coefficient (Wildman–Crippen LogP) is 3.57. The Morgan fingerprint density at radius 3 is 2.73 bits per heavy atom. The van der Waals surface area contributed by atoms with Crippen molar-refractivity contribution in [1.82, 2.24) is 0 Å². The van der Waals surface area contributed by atoms with Crippen LogP contribution in [-0.4, -0.2) is 12.4 Å². The van der Waals surface area contributed by atoms with Gasteiger partial charge in [0.25, 0.3) is 0 Å². The summed E-state index contributed by atoms with van der Waals surface area (Å²) in [6.07, 6.45) is 2.29. The summed E-state index contributed by atoms with van der Waals surface area (Å²) in [6, 6.07) is 4.50. The molecule has 0 aromatic heterocycles. The maximum absolute atomic E-state index is 13.1. The minimum atomic E-state index is -0.440. The monoisotopic (exact) mass is 246 g/mol. The number of hydrogen-bond acceptors (Lipinski definition) is 2. The lowest BCUT2D eigenvalue weighted by molar-refractivity contribution is 0.250. The van der Waals surface area contributed by atoms with Crippen molar-refractivity contribution >= 4 is 24.2 Å². The van der Waals surface area contributed by atoms with Crippen LogP contribution in [0.3, 0.4) is 0 Å². The normalized spacial score (nSPS) is 17.5. The van der Waals surface area contributed by atoms with E-state index in [1.807, 2.05) is 0 Å². The lowest BCUT2D eigenvalue weighted by Crippen LogP contribution is -2.14. The van der Waals surface area contributed by atoms with E-state index in [4.69, 9.17) is 16.3 Å². The molecule has 0 amide bonds. The van der Waals surface area contributed by atoms with E-state index in [9.17, 15) is 4.39 Å².